The van der Waals surface area contributed by atoms with Crippen LogP contribution in [-0.4, -0.2) is 9.78 Å². The number of hydrogen-bond donors (Lipinski definition) is 1. The van der Waals surface area contributed by atoms with Crippen LogP contribution in [0.25, 0.3) is 5.69 Å². The molecular formula is C22H20BrN3O2. The first kappa shape index (κ1) is 17.4. The molecule has 142 valence electrons. The van der Waals surface area contributed by atoms with Crippen molar-refractivity contribution in [3.05, 3.63) is 75.1 Å². The number of rotatable bonds is 1. The zero-order chi connectivity index (χ0) is 19.6. The molecule has 1 spiro atoms. The molecule has 5 nitrogen and oxygen atoms in total. The maximum absolute atomic E-state index is 6.56. The van der Waals surface area contributed by atoms with Gasteiger partial charge in [0.1, 0.15) is 11.3 Å². The van der Waals surface area contributed by atoms with E-state index in [2.05, 4.69) is 41.2 Å². The molecule has 1 atom stereocenters. The number of allylic oxidation sites excluding steroid dienone is 1. The summed E-state index contributed by atoms with van der Waals surface area (Å²) in [5.41, 5.74) is 5.16. The van der Waals surface area contributed by atoms with Crippen LogP contribution >= 0.6 is 15.9 Å². The third kappa shape index (κ3) is 2.34. The Morgan fingerprint density at radius 2 is 1.86 bits per heavy atom. The van der Waals surface area contributed by atoms with Crippen LogP contribution in [0.2, 0.25) is 0 Å². The number of anilines is 1. The zero-order valence-electron chi connectivity index (χ0n) is 16.1. The predicted molar refractivity (Wildman–Crippen MR) is 112 cm³/mol. The Hall–Kier alpha value is -2.73. The predicted octanol–water partition coefficient (Wildman–Crippen LogP) is 5.51. The topological polar surface area (TPSA) is 48.3 Å². The van der Waals surface area contributed by atoms with Gasteiger partial charge in [0, 0.05) is 6.08 Å². The van der Waals surface area contributed by atoms with E-state index in [0.29, 0.717) is 5.88 Å². The molecule has 1 aromatic heterocycles. The summed E-state index contributed by atoms with van der Waals surface area (Å²) in [4.78, 5) is 0. The molecule has 0 radical (unpaired) electrons. The normalized spacial score (nSPS) is 19.4. The molecule has 6 heteroatoms. The van der Waals surface area contributed by atoms with Crippen molar-refractivity contribution in [2.75, 3.05) is 5.32 Å². The molecule has 0 amide bonds. The van der Waals surface area contributed by atoms with Crippen LogP contribution in [0.1, 0.15) is 29.3 Å². The smallest absolute Gasteiger partial charge is 0.237 e. The van der Waals surface area contributed by atoms with Crippen LogP contribution in [0.15, 0.2) is 52.7 Å². The van der Waals surface area contributed by atoms with Crippen molar-refractivity contribution in [2.24, 2.45) is 0 Å². The molecule has 0 saturated heterocycles. The molecular weight excluding hydrogens is 418 g/mol. The van der Waals surface area contributed by atoms with Gasteiger partial charge in [-0.2, -0.15) is 5.10 Å². The second-order valence-corrected chi connectivity index (χ2v) is 8.13. The highest BCUT2D eigenvalue weighted by molar-refractivity contribution is 9.10. The van der Waals surface area contributed by atoms with Gasteiger partial charge in [-0.05, 0) is 73.0 Å². The maximum Gasteiger partial charge on any atom is 0.237 e. The van der Waals surface area contributed by atoms with E-state index in [1.54, 1.807) is 0 Å². The van der Waals surface area contributed by atoms with Gasteiger partial charge in [0.2, 0.25) is 11.6 Å². The SMILES string of the molecule is CC1=CC2(Nc3cc(C)c(C)c(Br)c3O2)c2c(C)nn(-c3ccccc3)c2O1. The monoisotopic (exact) mass is 437 g/mol. The Morgan fingerprint density at radius 1 is 1.11 bits per heavy atom. The lowest BCUT2D eigenvalue weighted by molar-refractivity contribution is 0.152. The molecule has 28 heavy (non-hydrogen) atoms. The lowest BCUT2D eigenvalue weighted by Crippen LogP contribution is -2.38. The Morgan fingerprint density at radius 3 is 2.61 bits per heavy atom. The highest BCUT2D eigenvalue weighted by Crippen LogP contribution is 2.52. The van der Waals surface area contributed by atoms with E-state index in [1.807, 2.05) is 54.9 Å². The van der Waals surface area contributed by atoms with Crippen LogP contribution < -0.4 is 14.8 Å². The van der Waals surface area contributed by atoms with E-state index in [9.17, 15) is 0 Å². The number of aryl methyl sites for hydroxylation is 2. The first-order valence-corrected chi connectivity index (χ1v) is 9.98. The lowest BCUT2D eigenvalue weighted by atomic mass is 10.00. The fourth-order valence-electron chi connectivity index (χ4n) is 3.92. The zero-order valence-corrected chi connectivity index (χ0v) is 17.7. The molecule has 1 N–H and O–H groups in total. The van der Waals surface area contributed by atoms with Crippen molar-refractivity contribution in [3.63, 3.8) is 0 Å². The summed E-state index contributed by atoms with van der Waals surface area (Å²) in [6.07, 6.45) is 1.98. The molecule has 2 aliphatic rings. The van der Waals surface area contributed by atoms with Gasteiger partial charge >= 0.3 is 0 Å². The average Bonchev–Trinajstić information content (AvgIpc) is 3.19. The Kier molecular flexibility index (Phi) is 3.65. The number of ether oxygens (including phenoxy) is 2. The number of fused-ring (bicyclic) bond motifs is 3. The van der Waals surface area contributed by atoms with Gasteiger partial charge in [0.25, 0.3) is 0 Å². The average molecular weight is 438 g/mol. The van der Waals surface area contributed by atoms with Crippen LogP contribution in [0.4, 0.5) is 5.69 Å². The standard InChI is InChI=1S/C22H20BrN3O2/c1-12-10-17-20(19(23)14(12)3)28-22(24-17)11-13(2)27-21-18(22)15(4)25-26(21)16-8-6-5-7-9-16/h5-11,24H,1-4H3. The molecule has 0 aliphatic carbocycles. The van der Waals surface area contributed by atoms with Crippen LogP contribution in [-0.2, 0) is 5.72 Å². The molecule has 2 aliphatic heterocycles. The lowest BCUT2D eigenvalue weighted by Gasteiger charge is -2.31. The number of hydrogen-bond acceptors (Lipinski definition) is 4. The van der Waals surface area contributed by atoms with E-state index in [-0.39, 0.29) is 0 Å². The van der Waals surface area contributed by atoms with Gasteiger partial charge < -0.3 is 14.8 Å². The van der Waals surface area contributed by atoms with Crippen molar-refractivity contribution in [1.29, 1.82) is 0 Å². The first-order valence-electron chi connectivity index (χ1n) is 9.19. The summed E-state index contributed by atoms with van der Waals surface area (Å²) in [6.45, 7) is 8.10. The third-order valence-corrected chi connectivity index (χ3v) is 6.32. The number of halogens is 1. The number of nitrogens with zero attached hydrogens (tertiary/aromatic N) is 2. The van der Waals surface area contributed by atoms with Crippen molar-refractivity contribution in [2.45, 2.75) is 33.4 Å². The summed E-state index contributed by atoms with van der Waals surface area (Å²) >= 11 is 3.71. The van der Waals surface area contributed by atoms with Crippen molar-refractivity contribution in [3.8, 4) is 17.3 Å². The molecule has 0 bridgehead atoms. The minimum absolute atomic E-state index is 0.675. The second kappa shape index (κ2) is 5.88. The molecule has 0 saturated carbocycles. The third-order valence-electron chi connectivity index (χ3n) is 5.36. The van der Waals surface area contributed by atoms with Crippen LogP contribution in [0, 0.1) is 20.8 Å². The van der Waals surface area contributed by atoms with E-state index >= 15 is 0 Å². The first-order chi connectivity index (χ1) is 13.4. The molecule has 5 rings (SSSR count). The van der Waals surface area contributed by atoms with Gasteiger partial charge in [-0.3, -0.25) is 0 Å². The van der Waals surface area contributed by atoms with Crippen LogP contribution in [0.3, 0.4) is 0 Å². The molecule has 2 aromatic carbocycles. The Bertz CT molecular complexity index is 1150. The molecule has 1 unspecified atom stereocenters. The van der Waals surface area contributed by atoms with Crippen molar-refractivity contribution < 1.29 is 9.47 Å². The van der Waals surface area contributed by atoms with Gasteiger partial charge in [0.05, 0.1) is 21.5 Å². The number of benzene rings is 2. The Balaban J connectivity index is 1.71. The summed E-state index contributed by atoms with van der Waals surface area (Å²) in [5, 5.41) is 8.35. The summed E-state index contributed by atoms with van der Waals surface area (Å²) < 4.78 is 15.5. The van der Waals surface area contributed by atoms with Gasteiger partial charge in [-0.25, -0.2) is 4.68 Å². The van der Waals surface area contributed by atoms with Gasteiger partial charge in [0.15, 0.2) is 5.75 Å². The van der Waals surface area contributed by atoms with E-state index in [1.165, 1.54) is 11.1 Å². The summed E-state index contributed by atoms with van der Waals surface area (Å²) in [7, 11) is 0. The summed E-state index contributed by atoms with van der Waals surface area (Å²) in [6, 6.07) is 12.1. The number of aromatic nitrogens is 2. The highest BCUT2D eigenvalue weighted by Gasteiger charge is 2.48. The molecule has 3 aromatic rings. The largest absolute Gasteiger partial charge is 0.456 e. The number of para-hydroxylation sites is 1. The van der Waals surface area contributed by atoms with Gasteiger partial charge in [-0.15, -0.1) is 0 Å². The van der Waals surface area contributed by atoms with E-state index < -0.39 is 5.72 Å². The quantitative estimate of drug-likeness (QED) is 0.544. The minimum Gasteiger partial charge on any atom is -0.456 e. The van der Waals surface area contributed by atoms with Crippen molar-refractivity contribution in [1.82, 2.24) is 9.78 Å². The number of nitrogens with one attached hydrogen (secondary N) is 1. The highest BCUT2D eigenvalue weighted by atomic mass is 79.9. The van der Waals surface area contributed by atoms with Crippen LogP contribution in [0.5, 0.6) is 11.6 Å². The fourth-order valence-corrected chi connectivity index (χ4v) is 4.53. The summed E-state index contributed by atoms with van der Waals surface area (Å²) in [5.74, 6) is 2.25. The van der Waals surface area contributed by atoms with Gasteiger partial charge in [-0.1, -0.05) is 18.2 Å². The minimum atomic E-state index is -0.847. The Labute approximate surface area is 172 Å². The van der Waals surface area contributed by atoms with E-state index in [0.717, 1.165) is 38.6 Å². The van der Waals surface area contributed by atoms with Crippen molar-refractivity contribution >= 4 is 21.6 Å². The fraction of sp³-hybridized carbons (Fsp3) is 0.227. The molecule has 0 fully saturated rings. The van der Waals surface area contributed by atoms with E-state index in [4.69, 9.17) is 14.6 Å². The molecule has 3 heterocycles. The second-order valence-electron chi connectivity index (χ2n) is 7.34. The maximum atomic E-state index is 6.56.